The van der Waals surface area contributed by atoms with E-state index in [2.05, 4.69) is 89.2 Å². The standard InChI is InChI=1S/C26H24O/c1-15-12-16(2)24(26(3,4)5)25-23(15)21-14-20-18(13-22(21)27-25)11-10-17-8-6-7-9-19(17)20/h6-14H,1-5H3. The Balaban J connectivity index is 2.01. The van der Waals surface area contributed by atoms with Crippen LogP contribution in [0.15, 0.2) is 59.0 Å². The number of rotatable bonds is 0. The molecule has 0 aliphatic rings. The third kappa shape index (κ3) is 2.31. The molecule has 0 fully saturated rings. The van der Waals surface area contributed by atoms with E-state index >= 15 is 0 Å². The van der Waals surface area contributed by atoms with Crippen LogP contribution in [-0.4, -0.2) is 0 Å². The number of aryl methyl sites for hydroxylation is 2. The van der Waals surface area contributed by atoms with Crippen molar-refractivity contribution in [1.29, 1.82) is 0 Å². The van der Waals surface area contributed by atoms with Gasteiger partial charge in [0.2, 0.25) is 0 Å². The molecule has 4 aromatic carbocycles. The zero-order valence-corrected chi connectivity index (χ0v) is 16.6. The average Bonchev–Trinajstić information content (AvgIpc) is 2.96. The maximum absolute atomic E-state index is 6.49. The van der Waals surface area contributed by atoms with Crippen LogP contribution in [0.3, 0.4) is 0 Å². The zero-order valence-electron chi connectivity index (χ0n) is 16.6. The molecule has 0 spiro atoms. The van der Waals surface area contributed by atoms with Crippen molar-refractivity contribution in [3.05, 3.63) is 71.3 Å². The van der Waals surface area contributed by atoms with Gasteiger partial charge in [0.25, 0.3) is 0 Å². The van der Waals surface area contributed by atoms with Gasteiger partial charge in [-0.3, -0.25) is 0 Å². The van der Waals surface area contributed by atoms with E-state index in [4.69, 9.17) is 4.42 Å². The van der Waals surface area contributed by atoms with Gasteiger partial charge in [-0.25, -0.2) is 0 Å². The third-order valence-electron chi connectivity index (χ3n) is 5.75. The van der Waals surface area contributed by atoms with Crippen molar-refractivity contribution >= 4 is 43.5 Å². The van der Waals surface area contributed by atoms with Crippen molar-refractivity contribution in [2.24, 2.45) is 0 Å². The molecular weight excluding hydrogens is 328 g/mol. The van der Waals surface area contributed by atoms with Crippen LogP contribution in [0.25, 0.3) is 43.5 Å². The number of benzene rings is 4. The van der Waals surface area contributed by atoms with E-state index in [-0.39, 0.29) is 5.41 Å². The minimum absolute atomic E-state index is 0.0377. The van der Waals surface area contributed by atoms with Crippen molar-refractivity contribution in [3.8, 4) is 0 Å². The van der Waals surface area contributed by atoms with E-state index in [0.29, 0.717) is 0 Å². The molecule has 27 heavy (non-hydrogen) atoms. The number of hydrogen-bond donors (Lipinski definition) is 0. The summed E-state index contributed by atoms with van der Waals surface area (Å²) < 4.78 is 6.49. The second kappa shape index (κ2) is 5.36. The molecule has 0 saturated carbocycles. The maximum Gasteiger partial charge on any atom is 0.139 e. The molecule has 1 nitrogen and oxygen atoms in total. The Morgan fingerprint density at radius 3 is 2.22 bits per heavy atom. The maximum atomic E-state index is 6.49. The molecule has 1 aromatic heterocycles. The molecule has 0 amide bonds. The summed E-state index contributed by atoms with van der Waals surface area (Å²) in [6.07, 6.45) is 0. The topological polar surface area (TPSA) is 13.1 Å². The number of fused-ring (bicyclic) bond motifs is 6. The molecule has 1 heteroatoms. The molecule has 0 atom stereocenters. The highest BCUT2D eigenvalue weighted by Gasteiger charge is 2.24. The lowest BCUT2D eigenvalue weighted by atomic mass is 9.82. The summed E-state index contributed by atoms with van der Waals surface area (Å²) in [5.41, 5.74) is 5.97. The fourth-order valence-corrected chi connectivity index (χ4v) is 4.74. The monoisotopic (exact) mass is 352 g/mol. The van der Waals surface area contributed by atoms with Gasteiger partial charge in [-0.05, 0) is 64.1 Å². The fourth-order valence-electron chi connectivity index (χ4n) is 4.74. The van der Waals surface area contributed by atoms with E-state index in [1.807, 2.05) is 0 Å². The van der Waals surface area contributed by atoms with E-state index in [1.165, 1.54) is 49.0 Å². The Morgan fingerprint density at radius 2 is 1.44 bits per heavy atom. The molecule has 0 N–H and O–H groups in total. The molecule has 0 aliphatic heterocycles. The zero-order chi connectivity index (χ0) is 18.9. The first-order valence-corrected chi connectivity index (χ1v) is 9.63. The first-order valence-electron chi connectivity index (χ1n) is 9.63. The highest BCUT2D eigenvalue weighted by molar-refractivity contribution is 6.17. The van der Waals surface area contributed by atoms with E-state index < -0.39 is 0 Å². The summed E-state index contributed by atoms with van der Waals surface area (Å²) >= 11 is 0. The molecule has 0 bridgehead atoms. The van der Waals surface area contributed by atoms with Gasteiger partial charge in [0.1, 0.15) is 11.2 Å². The van der Waals surface area contributed by atoms with Crippen LogP contribution in [0.5, 0.6) is 0 Å². The fraction of sp³-hybridized carbons (Fsp3) is 0.231. The molecule has 0 saturated heterocycles. The van der Waals surface area contributed by atoms with Gasteiger partial charge in [-0.1, -0.05) is 63.2 Å². The van der Waals surface area contributed by atoms with Gasteiger partial charge in [-0.15, -0.1) is 0 Å². The lowest BCUT2D eigenvalue weighted by molar-refractivity contribution is 0.569. The summed E-state index contributed by atoms with van der Waals surface area (Å²) in [6.45, 7) is 11.2. The first kappa shape index (κ1) is 16.4. The number of furan rings is 1. The van der Waals surface area contributed by atoms with Crippen molar-refractivity contribution < 1.29 is 4.42 Å². The second-order valence-corrected chi connectivity index (χ2v) is 8.80. The van der Waals surface area contributed by atoms with E-state index in [0.717, 1.165) is 11.2 Å². The van der Waals surface area contributed by atoms with Gasteiger partial charge in [0.05, 0.1) is 0 Å². The van der Waals surface area contributed by atoms with Gasteiger partial charge >= 0.3 is 0 Å². The molecule has 0 radical (unpaired) electrons. The SMILES string of the molecule is Cc1cc(C)c2c(oc3cc4ccc5ccccc5c4cc32)c1C(C)(C)C. The van der Waals surface area contributed by atoms with Crippen molar-refractivity contribution in [1.82, 2.24) is 0 Å². The van der Waals surface area contributed by atoms with Crippen LogP contribution in [-0.2, 0) is 5.41 Å². The molecule has 5 rings (SSSR count). The Kier molecular flexibility index (Phi) is 3.25. The van der Waals surface area contributed by atoms with Crippen LogP contribution in [0.2, 0.25) is 0 Å². The predicted molar refractivity (Wildman–Crippen MR) is 117 cm³/mol. The van der Waals surface area contributed by atoms with Crippen LogP contribution >= 0.6 is 0 Å². The van der Waals surface area contributed by atoms with Crippen molar-refractivity contribution in [2.45, 2.75) is 40.0 Å². The summed E-state index contributed by atoms with van der Waals surface area (Å²) in [7, 11) is 0. The van der Waals surface area contributed by atoms with Crippen LogP contribution in [0.4, 0.5) is 0 Å². The summed E-state index contributed by atoms with van der Waals surface area (Å²) in [4.78, 5) is 0. The normalized spacial score (nSPS) is 12.6. The van der Waals surface area contributed by atoms with Gasteiger partial charge in [0, 0.05) is 16.3 Å². The minimum Gasteiger partial charge on any atom is -0.456 e. The second-order valence-electron chi connectivity index (χ2n) is 8.80. The largest absolute Gasteiger partial charge is 0.456 e. The Bertz CT molecular complexity index is 1360. The molecule has 134 valence electrons. The summed E-state index contributed by atoms with van der Waals surface area (Å²) in [5, 5.41) is 7.58. The predicted octanol–water partition coefficient (Wildman–Crippen LogP) is 7.81. The smallest absolute Gasteiger partial charge is 0.139 e. The van der Waals surface area contributed by atoms with Gasteiger partial charge < -0.3 is 4.42 Å². The first-order chi connectivity index (χ1) is 12.8. The van der Waals surface area contributed by atoms with Crippen molar-refractivity contribution in [3.63, 3.8) is 0 Å². The molecule has 0 aliphatic carbocycles. The number of hydrogen-bond acceptors (Lipinski definition) is 1. The lowest BCUT2D eigenvalue weighted by Gasteiger charge is -2.22. The quantitative estimate of drug-likeness (QED) is 0.259. The molecule has 1 heterocycles. The highest BCUT2D eigenvalue weighted by Crippen LogP contribution is 2.41. The summed E-state index contributed by atoms with van der Waals surface area (Å²) in [6, 6.07) is 19.8. The molecule has 5 aromatic rings. The third-order valence-corrected chi connectivity index (χ3v) is 5.75. The molecular formula is C26H24O. The lowest BCUT2D eigenvalue weighted by Crippen LogP contribution is -2.13. The average molecular weight is 352 g/mol. The Labute approximate surface area is 159 Å². The van der Waals surface area contributed by atoms with Crippen molar-refractivity contribution in [2.75, 3.05) is 0 Å². The van der Waals surface area contributed by atoms with Gasteiger partial charge in [-0.2, -0.15) is 0 Å². The van der Waals surface area contributed by atoms with Crippen LogP contribution in [0.1, 0.15) is 37.5 Å². The Morgan fingerprint density at radius 1 is 0.704 bits per heavy atom. The highest BCUT2D eigenvalue weighted by atomic mass is 16.3. The summed E-state index contributed by atoms with van der Waals surface area (Å²) in [5.74, 6) is 0. The van der Waals surface area contributed by atoms with E-state index in [9.17, 15) is 0 Å². The molecule has 0 unspecified atom stereocenters. The van der Waals surface area contributed by atoms with E-state index in [1.54, 1.807) is 0 Å². The Hall–Kier alpha value is -2.80. The van der Waals surface area contributed by atoms with Crippen LogP contribution < -0.4 is 0 Å². The minimum atomic E-state index is 0.0377. The van der Waals surface area contributed by atoms with Gasteiger partial charge in [0.15, 0.2) is 0 Å². The van der Waals surface area contributed by atoms with Crippen LogP contribution in [0, 0.1) is 13.8 Å².